The molecule has 106 valence electrons. The van der Waals surface area contributed by atoms with E-state index < -0.39 is 5.97 Å². The number of oxazole rings is 1. The van der Waals surface area contributed by atoms with Crippen LogP contribution in [0.3, 0.4) is 0 Å². The van der Waals surface area contributed by atoms with E-state index in [-0.39, 0.29) is 5.76 Å². The van der Waals surface area contributed by atoms with Crippen LogP contribution in [-0.2, 0) is 11.2 Å². The molecule has 1 aromatic carbocycles. The summed E-state index contributed by atoms with van der Waals surface area (Å²) in [7, 11) is 0. The molecule has 4 nitrogen and oxygen atoms in total. The first-order valence-electron chi connectivity index (χ1n) is 6.19. The average Bonchev–Trinajstić information content (AvgIpc) is 2.86. The number of hydrogen-bond acceptors (Lipinski definition) is 4. The van der Waals surface area contributed by atoms with Gasteiger partial charge in [0.15, 0.2) is 0 Å². The minimum Gasteiger partial charge on any atom is -0.460 e. The zero-order valence-corrected chi connectivity index (χ0v) is 13.4. The molecule has 0 aliphatic rings. The van der Waals surface area contributed by atoms with Crippen molar-refractivity contribution in [3.8, 4) is 11.5 Å². The van der Waals surface area contributed by atoms with E-state index in [2.05, 4.69) is 20.9 Å². The Balaban J connectivity index is 2.48. The Morgan fingerprint density at radius 1 is 1.45 bits per heavy atom. The Kier molecular flexibility index (Phi) is 4.83. The summed E-state index contributed by atoms with van der Waals surface area (Å²) in [6.45, 7) is 3.94. The van der Waals surface area contributed by atoms with E-state index in [0.717, 1.165) is 4.47 Å². The second kappa shape index (κ2) is 6.41. The van der Waals surface area contributed by atoms with Crippen LogP contribution in [0.2, 0.25) is 5.02 Å². The van der Waals surface area contributed by atoms with Gasteiger partial charge in [-0.1, -0.05) is 18.5 Å². The second-order valence-corrected chi connectivity index (χ2v) is 5.28. The van der Waals surface area contributed by atoms with Crippen molar-refractivity contribution in [2.45, 2.75) is 20.3 Å². The molecule has 1 aromatic heterocycles. The predicted octanol–water partition coefficient (Wildman–Crippen LogP) is 4.50. The molecule has 2 aromatic rings. The maximum absolute atomic E-state index is 11.8. The van der Waals surface area contributed by atoms with E-state index in [1.165, 1.54) is 0 Å². The zero-order valence-electron chi connectivity index (χ0n) is 11.1. The monoisotopic (exact) mass is 357 g/mol. The molecule has 0 bridgehead atoms. The van der Waals surface area contributed by atoms with Gasteiger partial charge < -0.3 is 9.15 Å². The molecule has 0 atom stereocenters. The minimum absolute atomic E-state index is 0.149. The highest BCUT2D eigenvalue weighted by atomic mass is 79.9. The predicted molar refractivity (Wildman–Crippen MR) is 80.0 cm³/mol. The van der Waals surface area contributed by atoms with Gasteiger partial charge in [-0.05, 0) is 47.5 Å². The Morgan fingerprint density at radius 3 is 2.85 bits per heavy atom. The Morgan fingerprint density at radius 2 is 2.20 bits per heavy atom. The highest BCUT2D eigenvalue weighted by Crippen LogP contribution is 2.31. The number of benzene rings is 1. The third-order valence-corrected chi connectivity index (χ3v) is 3.58. The number of carbonyl (C=O) groups is 1. The number of halogens is 2. The molecule has 0 amide bonds. The zero-order chi connectivity index (χ0) is 14.7. The number of aromatic nitrogens is 1. The number of carbonyl (C=O) groups excluding carboxylic acids is 1. The lowest BCUT2D eigenvalue weighted by Crippen LogP contribution is -2.05. The van der Waals surface area contributed by atoms with E-state index >= 15 is 0 Å². The summed E-state index contributed by atoms with van der Waals surface area (Å²) < 4.78 is 11.3. The standard InChI is InChI=1S/C14H13BrClNO3/c1-3-11-12(14(18)19-4-2)20-13(17-11)9-7-8(16)5-6-10(9)15/h5-7H,3-4H2,1-2H3. The Bertz CT molecular complexity index is 639. The van der Waals surface area contributed by atoms with Crippen molar-refractivity contribution in [3.05, 3.63) is 39.1 Å². The second-order valence-electron chi connectivity index (χ2n) is 3.99. The number of ether oxygens (including phenoxy) is 1. The van der Waals surface area contributed by atoms with E-state index in [9.17, 15) is 4.79 Å². The van der Waals surface area contributed by atoms with Crippen LogP contribution in [-0.4, -0.2) is 17.6 Å². The van der Waals surface area contributed by atoms with Gasteiger partial charge in [0.2, 0.25) is 11.7 Å². The van der Waals surface area contributed by atoms with Crippen molar-refractivity contribution in [1.82, 2.24) is 4.98 Å². The third kappa shape index (κ3) is 3.04. The topological polar surface area (TPSA) is 52.3 Å². The Labute approximate surface area is 130 Å². The highest BCUT2D eigenvalue weighted by molar-refractivity contribution is 9.10. The van der Waals surface area contributed by atoms with Crippen LogP contribution in [0, 0.1) is 0 Å². The van der Waals surface area contributed by atoms with Gasteiger partial charge in [-0.3, -0.25) is 0 Å². The molecular weight excluding hydrogens is 346 g/mol. The largest absolute Gasteiger partial charge is 0.460 e. The van der Waals surface area contributed by atoms with Gasteiger partial charge in [-0.25, -0.2) is 9.78 Å². The molecule has 0 aliphatic heterocycles. The lowest BCUT2D eigenvalue weighted by Gasteiger charge is -2.00. The van der Waals surface area contributed by atoms with Crippen molar-refractivity contribution in [2.24, 2.45) is 0 Å². The maximum atomic E-state index is 11.8. The number of nitrogens with zero attached hydrogens (tertiary/aromatic N) is 1. The van der Waals surface area contributed by atoms with Crippen LogP contribution in [0.25, 0.3) is 11.5 Å². The van der Waals surface area contributed by atoms with Crippen LogP contribution in [0.1, 0.15) is 30.1 Å². The van der Waals surface area contributed by atoms with Gasteiger partial charge in [-0.15, -0.1) is 0 Å². The number of esters is 1. The van der Waals surface area contributed by atoms with Crippen LogP contribution >= 0.6 is 27.5 Å². The van der Waals surface area contributed by atoms with Gasteiger partial charge in [0, 0.05) is 9.50 Å². The first kappa shape index (κ1) is 15.1. The van der Waals surface area contributed by atoms with Crippen molar-refractivity contribution >= 4 is 33.5 Å². The van der Waals surface area contributed by atoms with E-state index in [1.54, 1.807) is 25.1 Å². The fourth-order valence-electron chi connectivity index (χ4n) is 1.72. The molecule has 20 heavy (non-hydrogen) atoms. The molecule has 0 radical (unpaired) electrons. The summed E-state index contributed by atoms with van der Waals surface area (Å²) in [5.41, 5.74) is 1.27. The lowest BCUT2D eigenvalue weighted by atomic mass is 10.2. The van der Waals surface area contributed by atoms with E-state index in [4.69, 9.17) is 20.8 Å². The van der Waals surface area contributed by atoms with Crippen molar-refractivity contribution < 1.29 is 13.9 Å². The van der Waals surface area contributed by atoms with Gasteiger partial charge in [-0.2, -0.15) is 0 Å². The van der Waals surface area contributed by atoms with Gasteiger partial charge in [0.05, 0.1) is 17.9 Å². The quantitative estimate of drug-likeness (QED) is 0.755. The number of rotatable bonds is 4. The van der Waals surface area contributed by atoms with Crippen LogP contribution in [0.15, 0.2) is 27.1 Å². The first-order chi connectivity index (χ1) is 9.56. The van der Waals surface area contributed by atoms with Crippen molar-refractivity contribution in [2.75, 3.05) is 6.61 Å². The maximum Gasteiger partial charge on any atom is 0.376 e. The SMILES string of the molecule is CCOC(=O)c1oc(-c2cc(Cl)ccc2Br)nc1CC. The number of hydrogen-bond donors (Lipinski definition) is 0. The molecule has 0 unspecified atom stereocenters. The smallest absolute Gasteiger partial charge is 0.376 e. The van der Waals surface area contributed by atoms with Crippen LogP contribution < -0.4 is 0 Å². The van der Waals surface area contributed by atoms with Gasteiger partial charge >= 0.3 is 5.97 Å². The van der Waals surface area contributed by atoms with Gasteiger partial charge in [0.25, 0.3) is 0 Å². The lowest BCUT2D eigenvalue weighted by molar-refractivity contribution is 0.0489. The summed E-state index contributed by atoms with van der Waals surface area (Å²) in [4.78, 5) is 16.2. The molecule has 0 spiro atoms. The molecule has 2 rings (SSSR count). The highest BCUT2D eigenvalue weighted by Gasteiger charge is 2.22. The fourth-order valence-corrected chi connectivity index (χ4v) is 2.31. The van der Waals surface area contributed by atoms with Gasteiger partial charge in [0.1, 0.15) is 0 Å². The van der Waals surface area contributed by atoms with Crippen LogP contribution in [0.5, 0.6) is 0 Å². The summed E-state index contributed by atoms with van der Waals surface area (Å²) in [5, 5.41) is 0.567. The molecule has 0 aliphatic carbocycles. The first-order valence-corrected chi connectivity index (χ1v) is 7.36. The molecule has 0 N–H and O–H groups in total. The molecule has 1 heterocycles. The summed E-state index contributed by atoms with van der Waals surface area (Å²) in [6.07, 6.45) is 0.579. The fraction of sp³-hybridized carbons (Fsp3) is 0.286. The average molecular weight is 359 g/mol. The normalized spacial score (nSPS) is 10.6. The summed E-state index contributed by atoms with van der Waals surface area (Å²) in [6, 6.07) is 5.29. The molecule has 0 saturated heterocycles. The molecule has 0 saturated carbocycles. The molecular formula is C14H13BrClNO3. The van der Waals surface area contributed by atoms with Crippen LogP contribution in [0.4, 0.5) is 0 Å². The van der Waals surface area contributed by atoms with Crippen molar-refractivity contribution in [1.29, 1.82) is 0 Å². The van der Waals surface area contributed by atoms with E-state index in [0.29, 0.717) is 35.2 Å². The summed E-state index contributed by atoms with van der Waals surface area (Å²) in [5.74, 6) is -0.00301. The Hall–Kier alpha value is -1.33. The third-order valence-electron chi connectivity index (χ3n) is 2.65. The summed E-state index contributed by atoms with van der Waals surface area (Å²) >= 11 is 9.39. The minimum atomic E-state index is -0.499. The van der Waals surface area contributed by atoms with Crippen molar-refractivity contribution in [3.63, 3.8) is 0 Å². The number of aryl methyl sites for hydroxylation is 1. The molecule has 0 fully saturated rings. The van der Waals surface area contributed by atoms with E-state index in [1.807, 2.05) is 6.92 Å². The molecule has 6 heteroatoms.